The Kier molecular flexibility index (Phi) is 3.79. The number of carbonyl (C=O) groups is 1. The zero-order chi connectivity index (χ0) is 13.2. The number of hydrogen-bond acceptors (Lipinski definition) is 5. The number of aliphatic hydroxyl groups is 2. The van der Waals surface area contributed by atoms with E-state index in [4.69, 9.17) is 15.3 Å². The summed E-state index contributed by atoms with van der Waals surface area (Å²) >= 11 is 0. The van der Waals surface area contributed by atoms with Gasteiger partial charge in [0.15, 0.2) is 12.0 Å². The third kappa shape index (κ3) is 3.76. The number of carboxylic acid groups (broad SMARTS) is 1. The predicted octanol–water partition coefficient (Wildman–Crippen LogP) is 0.747. The van der Waals surface area contributed by atoms with Crippen LogP contribution in [0.1, 0.15) is 48.8 Å². The summed E-state index contributed by atoms with van der Waals surface area (Å²) in [6.45, 7) is 5.86. The maximum Gasteiger partial charge on any atom is 0.356 e. The first-order valence-corrected chi connectivity index (χ1v) is 5.16. The van der Waals surface area contributed by atoms with Gasteiger partial charge in [-0.25, -0.2) is 4.79 Å². The quantitative estimate of drug-likeness (QED) is 0.673. The average Bonchev–Trinajstić information content (AvgIpc) is 2.14. The van der Waals surface area contributed by atoms with Crippen molar-refractivity contribution in [3.05, 3.63) is 23.0 Å². The summed E-state index contributed by atoms with van der Waals surface area (Å²) in [5.41, 5.74) is 0.118. The molecule has 0 aliphatic rings. The Morgan fingerprint density at radius 3 is 2.35 bits per heavy atom. The molecule has 94 valence electrons. The lowest BCUT2D eigenvalue weighted by Gasteiger charge is -2.19. The van der Waals surface area contributed by atoms with Gasteiger partial charge in [-0.3, -0.25) is 0 Å². The number of hydrogen-bond donors (Lipinski definition) is 3. The van der Waals surface area contributed by atoms with Crippen LogP contribution in [0.25, 0.3) is 0 Å². The summed E-state index contributed by atoms with van der Waals surface area (Å²) in [7, 11) is 0. The minimum Gasteiger partial charge on any atom is -0.476 e. The summed E-state index contributed by atoms with van der Waals surface area (Å²) in [5, 5.41) is 33.9. The van der Waals surface area contributed by atoms with E-state index in [1.165, 1.54) is 6.07 Å². The first kappa shape index (κ1) is 13.5. The molecule has 17 heavy (non-hydrogen) atoms. The lowest BCUT2D eigenvalue weighted by Crippen LogP contribution is -2.17. The minimum absolute atomic E-state index is 0.0470. The molecular weight excluding hydrogens is 224 g/mol. The fourth-order valence-electron chi connectivity index (χ4n) is 1.46. The lowest BCUT2D eigenvalue weighted by molar-refractivity contribution is -0.0466. The summed E-state index contributed by atoms with van der Waals surface area (Å²) < 4.78 is 0. The van der Waals surface area contributed by atoms with E-state index < -0.39 is 12.3 Å². The third-order valence-electron chi connectivity index (χ3n) is 2.08. The highest BCUT2D eigenvalue weighted by Gasteiger charge is 2.21. The first-order valence-electron chi connectivity index (χ1n) is 5.16. The Bertz CT molecular complexity index is 424. The van der Waals surface area contributed by atoms with Gasteiger partial charge in [0.05, 0.1) is 0 Å². The third-order valence-corrected chi connectivity index (χ3v) is 2.08. The van der Waals surface area contributed by atoms with Gasteiger partial charge in [-0.15, -0.1) is 10.2 Å². The molecule has 6 nitrogen and oxygen atoms in total. The van der Waals surface area contributed by atoms with Crippen molar-refractivity contribution in [2.24, 2.45) is 5.41 Å². The molecule has 0 aromatic carbocycles. The normalized spacial score (nSPS) is 11.9. The maximum atomic E-state index is 11.0. The van der Waals surface area contributed by atoms with Gasteiger partial charge in [0, 0.05) is 0 Å². The molecule has 0 unspecified atom stereocenters. The molecular formula is C11H16N2O4. The van der Waals surface area contributed by atoms with Crippen LogP contribution in [0.2, 0.25) is 0 Å². The van der Waals surface area contributed by atoms with Crippen LogP contribution < -0.4 is 0 Å². The highest BCUT2D eigenvalue weighted by atomic mass is 16.5. The first-order chi connectivity index (χ1) is 7.70. The number of carboxylic acids is 1. The fraction of sp³-hybridized carbons (Fsp3) is 0.545. The Hall–Kier alpha value is -1.53. The highest BCUT2D eigenvalue weighted by Crippen LogP contribution is 2.23. The molecule has 0 aliphatic carbocycles. The van der Waals surface area contributed by atoms with E-state index >= 15 is 0 Å². The Morgan fingerprint density at radius 1 is 1.35 bits per heavy atom. The largest absolute Gasteiger partial charge is 0.476 e. The fourth-order valence-corrected chi connectivity index (χ4v) is 1.46. The topological polar surface area (TPSA) is 104 Å². The molecule has 0 saturated heterocycles. The standard InChI is InChI=1S/C11H16N2O4/c1-11(2,3)5-6-4-7(9(14)15)12-13-8(6)10(16)17/h4,9,14-15H,5H2,1-3H3,(H,16,17). The van der Waals surface area contributed by atoms with Crippen molar-refractivity contribution in [3.63, 3.8) is 0 Å². The van der Waals surface area contributed by atoms with E-state index in [1.54, 1.807) is 0 Å². The number of nitrogens with zero attached hydrogens (tertiary/aromatic N) is 2. The average molecular weight is 240 g/mol. The summed E-state index contributed by atoms with van der Waals surface area (Å²) in [4.78, 5) is 11.0. The van der Waals surface area contributed by atoms with Crippen molar-refractivity contribution >= 4 is 5.97 Å². The second kappa shape index (κ2) is 4.77. The number of aliphatic hydroxyl groups excluding tert-OH is 1. The van der Waals surface area contributed by atoms with E-state index in [1.807, 2.05) is 20.8 Å². The van der Waals surface area contributed by atoms with Crippen molar-refractivity contribution in [3.8, 4) is 0 Å². The monoisotopic (exact) mass is 240 g/mol. The second-order valence-corrected chi connectivity index (χ2v) is 5.06. The smallest absolute Gasteiger partial charge is 0.356 e. The van der Waals surface area contributed by atoms with E-state index in [9.17, 15) is 4.79 Å². The van der Waals surface area contributed by atoms with Crippen LogP contribution >= 0.6 is 0 Å². The molecule has 0 radical (unpaired) electrons. The molecule has 1 aromatic heterocycles. The zero-order valence-electron chi connectivity index (χ0n) is 10.0. The van der Waals surface area contributed by atoms with Crippen molar-refractivity contribution in [1.82, 2.24) is 10.2 Å². The zero-order valence-corrected chi connectivity index (χ0v) is 10.0. The van der Waals surface area contributed by atoms with Crippen LogP contribution in [0.5, 0.6) is 0 Å². The van der Waals surface area contributed by atoms with E-state index in [2.05, 4.69) is 10.2 Å². The summed E-state index contributed by atoms with van der Waals surface area (Å²) in [6, 6.07) is 1.37. The molecule has 0 fully saturated rings. The maximum absolute atomic E-state index is 11.0. The van der Waals surface area contributed by atoms with Crippen molar-refractivity contribution < 1.29 is 20.1 Å². The number of aromatic carboxylic acids is 1. The second-order valence-electron chi connectivity index (χ2n) is 5.06. The Balaban J connectivity index is 3.21. The Labute approximate surface area is 98.9 Å². The Morgan fingerprint density at radius 2 is 1.94 bits per heavy atom. The molecule has 1 rings (SSSR count). The molecule has 0 bridgehead atoms. The predicted molar refractivity (Wildman–Crippen MR) is 59.3 cm³/mol. The van der Waals surface area contributed by atoms with Crippen molar-refractivity contribution in [2.75, 3.05) is 0 Å². The van der Waals surface area contributed by atoms with Crippen molar-refractivity contribution in [2.45, 2.75) is 33.5 Å². The van der Waals surface area contributed by atoms with Gasteiger partial charge in [-0.05, 0) is 23.5 Å². The molecule has 3 N–H and O–H groups in total. The summed E-state index contributed by atoms with van der Waals surface area (Å²) in [6.07, 6.45) is -1.28. The molecule has 0 aliphatic heterocycles. The molecule has 0 saturated carbocycles. The summed E-state index contributed by atoms with van der Waals surface area (Å²) in [5.74, 6) is -1.17. The molecule has 1 aromatic rings. The van der Waals surface area contributed by atoms with Crippen LogP contribution in [0, 0.1) is 5.41 Å². The number of rotatable bonds is 3. The van der Waals surface area contributed by atoms with Gasteiger partial charge < -0.3 is 15.3 Å². The van der Waals surface area contributed by atoms with Gasteiger partial charge in [0.1, 0.15) is 5.69 Å². The molecule has 0 spiro atoms. The van der Waals surface area contributed by atoms with Gasteiger partial charge in [0.25, 0.3) is 0 Å². The van der Waals surface area contributed by atoms with E-state index in [-0.39, 0.29) is 16.8 Å². The molecule has 0 atom stereocenters. The van der Waals surface area contributed by atoms with Crippen LogP contribution in [0.3, 0.4) is 0 Å². The lowest BCUT2D eigenvalue weighted by atomic mass is 9.87. The van der Waals surface area contributed by atoms with Gasteiger partial charge in [0.2, 0.25) is 0 Å². The van der Waals surface area contributed by atoms with Gasteiger partial charge in [-0.2, -0.15) is 0 Å². The van der Waals surface area contributed by atoms with E-state index in [0.717, 1.165) is 0 Å². The van der Waals surface area contributed by atoms with Crippen LogP contribution in [-0.4, -0.2) is 31.5 Å². The van der Waals surface area contributed by atoms with Crippen molar-refractivity contribution in [1.29, 1.82) is 0 Å². The van der Waals surface area contributed by atoms with Gasteiger partial charge >= 0.3 is 5.97 Å². The highest BCUT2D eigenvalue weighted by molar-refractivity contribution is 5.86. The van der Waals surface area contributed by atoms with Crippen LogP contribution in [-0.2, 0) is 6.42 Å². The SMILES string of the molecule is CC(C)(C)Cc1cc(C(O)O)nnc1C(=O)O. The minimum atomic E-state index is -1.75. The van der Waals surface area contributed by atoms with Gasteiger partial charge in [-0.1, -0.05) is 20.8 Å². The van der Waals surface area contributed by atoms with Crippen LogP contribution in [0.15, 0.2) is 6.07 Å². The molecule has 6 heteroatoms. The van der Waals surface area contributed by atoms with E-state index in [0.29, 0.717) is 12.0 Å². The van der Waals surface area contributed by atoms with Crippen LogP contribution in [0.4, 0.5) is 0 Å². The molecule has 1 heterocycles. The number of aromatic nitrogens is 2. The molecule has 0 amide bonds.